The Morgan fingerprint density at radius 1 is 1.69 bits per heavy atom. The highest BCUT2D eigenvalue weighted by Crippen LogP contribution is 2.31. The third kappa shape index (κ3) is 2.36. The Kier molecular flexibility index (Phi) is 3.14. The van der Waals surface area contributed by atoms with Crippen molar-refractivity contribution in [2.24, 2.45) is 16.8 Å². The minimum Gasteiger partial charge on any atom is -0.476 e. The van der Waals surface area contributed by atoms with Crippen LogP contribution in [0.4, 0.5) is 0 Å². The number of hydrogen-bond acceptors (Lipinski definition) is 4. The van der Waals surface area contributed by atoms with Gasteiger partial charge in [0.25, 0.3) is 0 Å². The first kappa shape index (κ1) is 11.0. The molecule has 1 heterocycles. The zero-order chi connectivity index (χ0) is 11.5. The zero-order valence-corrected chi connectivity index (χ0v) is 9.31. The number of amidine groups is 1. The Morgan fingerprint density at radius 2 is 2.44 bits per heavy atom. The summed E-state index contributed by atoms with van der Waals surface area (Å²) in [6, 6.07) is 1.57. The number of halogens is 1. The predicted molar refractivity (Wildman–Crippen MR) is 60.0 cm³/mol. The van der Waals surface area contributed by atoms with E-state index in [0.29, 0.717) is 24.0 Å². The first-order valence-electron chi connectivity index (χ1n) is 4.97. The highest BCUT2D eigenvalue weighted by atomic mass is 35.5. The smallest absolute Gasteiger partial charge is 0.233 e. The van der Waals surface area contributed by atoms with Crippen LogP contribution in [0.25, 0.3) is 0 Å². The van der Waals surface area contributed by atoms with E-state index in [1.807, 2.05) is 0 Å². The van der Waals surface area contributed by atoms with E-state index >= 15 is 0 Å². The molecule has 1 aromatic heterocycles. The van der Waals surface area contributed by atoms with Gasteiger partial charge in [0.15, 0.2) is 5.84 Å². The van der Waals surface area contributed by atoms with Crippen LogP contribution in [-0.4, -0.2) is 22.6 Å². The molecule has 3 N–H and O–H groups in total. The number of nitrogens with zero attached hydrogens (tertiary/aromatic N) is 2. The van der Waals surface area contributed by atoms with Crippen molar-refractivity contribution in [2.75, 3.05) is 6.61 Å². The van der Waals surface area contributed by atoms with Gasteiger partial charge in [0, 0.05) is 11.8 Å². The van der Waals surface area contributed by atoms with E-state index < -0.39 is 0 Å². The molecule has 6 heteroatoms. The summed E-state index contributed by atoms with van der Waals surface area (Å²) in [4.78, 5) is 4.01. The molecule has 0 aliphatic heterocycles. The standard InChI is InChI=1S/C10H12ClN3O2/c11-8-7(9(12)14-15)3-4-13-10(8)16-5-6-1-2-6/h3-4,6,15H,1-2,5H2,(H2,12,14). The summed E-state index contributed by atoms with van der Waals surface area (Å²) in [5.41, 5.74) is 5.89. The van der Waals surface area contributed by atoms with Gasteiger partial charge in [0.1, 0.15) is 5.02 Å². The molecule has 0 atom stereocenters. The first-order valence-corrected chi connectivity index (χ1v) is 5.35. The molecule has 0 spiro atoms. The third-order valence-corrected chi connectivity index (χ3v) is 2.76. The fourth-order valence-electron chi connectivity index (χ4n) is 1.26. The molecule has 1 aliphatic rings. The van der Waals surface area contributed by atoms with Gasteiger partial charge < -0.3 is 15.7 Å². The average molecular weight is 242 g/mol. The van der Waals surface area contributed by atoms with Crippen molar-refractivity contribution in [3.8, 4) is 5.88 Å². The van der Waals surface area contributed by atoms with E-state index in [1.54, 1.807) is 6.07 Å². The molecule has 5 nitrogen and oxygen atoms in total. The lowest BCUT2D eigenvalue weighted by Crippen LogP contribution is -2.14. The van der Waals surface area contributed by atoms with Crippen molar-refractivity contribution in [1.82, 2.24) is 4.98 Å². The number of aromatic nitrogens is 1. The van der Waals surface area contributed by atoms with Gasteiger partial charge in [-0.3, -0.25) is 0 Å². The largest absolute Gasteiger partial charge is 0.476 e. The summed E-state index contributed by atoms with van der Waals surface area (Å²) in [5.74, 6) is 0.895. The summed E-state index contributed by atoms with van der Waals surface area (Å²) in [7, 11) is 0. The highest BCUT2D eigenvalue weighted by Gasteiger charge is 2.23. The van der Waals surface area contributed by atoms with Gasteiger partial charge in [-0.15, -0.1) is 0 Å². The van der Waals surface area contributed by atoms with E-state index in [2.05, 4.69) is 10.1 Å². The second-order valence-electron chi connectivity index (χ2n) is 3.72. The number of nitrogens with two attached hydrogens (primary N) is 1. The van der Waals surface area contributed by atoms with Crippen molar-refractivity contribution in [3.63, 3.8) is 0 Å². The SMILES string of the molecule is N/C(=N/O)c1ccnc(OCC2CC2)c1Cl. The van der Waals surface area contributed by atoms with E-state index in [4.69, 9.17) is 27.3 Å². The summed E-state index contributed by atoms with van der Waals surface area (Å²) >= 11 is 6.03. The van der Waals surface area contributed by atoms with Crippen LogP contribution >= 0.6 is 11.6 Å². The maximum absolute atomic E-state index is 8.57. The molecule has 1 saturated carbocycles. The predicted octanol–water partition coefficient (Wildman–Crippen LogP) is 1.62. The lowest BCUT2D eigenvalue weighted by Gasteiger charge is -2.08. The fourth-order valence-corrected chi connectivity index (χ4v) is 1.52. The molecule has 86 valence electrons. The van der Waals surface area contributed by atoms with Crippen molar-refractivity contribution in [2.45, 2.75) is 12.8 Å². The van der Waals surface area contributed by atoms with Crippen LogP contribution in [-0.2, 0) is 0 Å². The van der Waals surface area contributed by atoms with Crippen LogP contribution < -0.4 is 10.5 Å². The molecule has 0 radical (unpaired) electrons. The Bertz CT molecular complexity index is 419. The molecule has 0 bridgehead atoms. The Labute approximate surface area is 97.9 Å². The van der Waals surface area contributed by atoms with Crippen LogP contribution in [0, 0.1) is 5.92 Å². The Hall–Kier alpha value is -1.49. The monoisotopic (exact) mass is 241 g/mol. The van der Waals surface area contributed by atoms with Crippen molar-refractivity contribution < 1.29 is 9.94 Å². The number of hydrogen-bond donors (Lipinski definition) is 2. The minimum absolute atomic E-state index is 0.0522. The Morgan fingerprint density at radius 3 is 3.06 bits per heavy atom. The van der Waals surface area contributed by atoms with Gasteiger partial charge in [0.2, 0.25) is 5.88 Å². The van der Waals surface area contributed by atoms with Crippen LogP contribution in [0.2, 0.25) is 5.02 Å². The second kappa shape index (κ2) is 4.57. The van der Waals surface area contributed by atoms with Crippen LogP contribution in [0.3, 0.4) is 0 Å². The maximum Gasteiger partial charge on any atom is 0.233 e. The van der Waals surface area contributed by atoms with E-state index in [1.165, 1.54) is 19.0 Å². The maximum atomic E-state index is 8.57. The van der Waals surface area contributed by atoms with Gasteiger partial charge >= 0.3 is 0 Å². The molecule has 1 fully saturated rings. The summed E-state index contributed by atoms with van der Waals surface area (Å²) in [6.07, 6.45) is 3.90. The molecule has 0 amide bonds. The number of ether oxygens (including phenoxy) is 1. The molecule has 1 aliphatic carbocycles. The van der Waals surface area contributed by atoms with Gasteiger partial charge in [-0.1, -0.05) is 16.8 Å². The molecular weight excluding hydrogens is 230 g/mol. The summed E-state index contributed by atoms with van der Waals surface area (Å²) in [6.45, 7) is 0.617. The van der Waals surface area contributed by atoms with E-state index in [-0.39, 0.29) is 10.9 Å². The van der Waals surface area contributed by atoms with Crippen molar-refractivity contribution in [3.05, 3.63) is 22.8 Å². The summed E-state index contributed by atoms with van der Waals surface area (Å²) < 4.78 is 5.46. The lowest BCUT2D eigenvalue weighted by atomic mass is 10.2. The number of rotatable bonds is 4. The van der Waals surface area contributed by atoms with Gasteiger partial charge in [-0.2, -0.15) is 0 Å². The van der Waals surface area contributed by atoms with E-state index in [9.17, 15) is 0 Å². The Balaban J connectivity index is 2.17. The molecule has 0 unspecified atom stereocenters. The quantitative estimate of drug-likeness (QED) is 0.363. The molecule has 2 rings (SSSR count). The van der Waals surface area contributed by atoms with E-state index in [0.717, 1.165) is 0 Å². The van der Waals surface area contributed by atoms with Crippen molar-refractivity contribution >= 4 is 17.4 Å². The second-order valence-corrected chi connectivity index (χ2v) is 4.10. The summed E-state index contributed by atoms with van der Waals surface area (Å²) in [5, 5.41) is 11.7. The normalized spacial score (nSPS) is 16.2. The molecular formula is C10H12ClN3O2. The average Bonchev–Trinajstić information content (AvgIpc) is 3.10. The molecule has 0 aromatic carbocycles. The third-order valence-electron chi connectivity index (χ3n) is 2.39. The topological polar surface area (TPSA) is 80.7 Å². The number of pyridine rings is 1. The van der Waals surface area contributed by atoms with Gasteiger partial charge in [0.05, 0.1) is 6.61 Å². The minimum atomic E-state index is -0.0522. The van der Waals surface area contributed by atoms with Crippen LogP contribution in [0.15, 0.2) is 17.4 Å². The molecule has 0 saturated heterocycles. The van der Waals surface area contributed by atoms with Crippen LogP contribution in [0.5, 0.6) is 5.88 Å². The molecule has 16 heavy (non-hydrogen) atoms. The first-order chi connectivity index (χ1) is 7.72. The zero-order valence-electron chi connectivity index (χ0n) is 8.56. The van der Waals surface area contributed by atoms with Gasteiger partial charge in [-0.25, -0.2) is 4.98 Å². The number of oxime groups is 1. The van der Waals surface area contributed by atoms with Crippen LogP contribution in [0.1, 0.15) is 18.4 Å². The highest BCUT2D eigenvalue weighted by molar-refractivity contribution is 6.35. The van der Waals surface area contributed by atoms with Gasteiger partial charge in [-0.05, 0) is 24.8 Å². The fraction of sp³-hybridized carbons (Fsp3) is 0.400. The molecule has 1 aromatic rings. The lowest BCUT2D eigenvalue weighted by molar-refractivity contribution is 0.288. The van der Waals surface area contributed by atoms with Crippen molar-refractivity contribution in [1.29, 1.82) is 0 Å².